The van der Waals surface area contributed by atoms with Crippen LogP contribution in [0.15, 0.2) is 30.4 Å². The minimum absolute atomic E-state index is 0.206. The fraction of sp³-hybridized carbons (Fsp3) is 0.467. The van der Waals surface area contributed by atoms with Crippen molar-refractivity contribution in [3.63, 3.8) is 0 Å². The molecule has 98 valence electrons. The summed E-state index contributed by atoms with van der Waals surface area (Å²) in [7, 11) is 1.56. The third kappa shape index (κ3) is 3.50. The summed E-state index contributed by atoms with van der Waals surface area (Å²) in [5.74, 6) is 1.48. The SMILES string of the molecule is COc1ccc(CNCC2CC=CCC2)cc1O. The van der Waals surface area contributed by atoms with Crippen LogP contribution in [0.25, 0.3) is 0 Å². The highest BCUT2D eigenvalue weighted by atomic mass is 16.5. The van der Waals surface area contributed by atoms with E-state index in [1.165, 1.54) is 19.3 Å². The van der Waals surface area contributed by atoms with Gasteiger partial charge in [-0.15, -0.1) is 0 Å². The lowest BCUT2D eigenvalue weighted by atomic mass is 9.94. The van der Waals surface area contributed by atoms with Crippen LogP contribution in [0, 0.1) is 5.92 Å². The van der Waals surface area contributed by atoms with Gasteiger partial charge in [0.2, 0.25) is 0 Å². The number of hydrogen-bond acceptors (Lipinski definition) is 3. The zero-order chi connectivity index (χ0) is 12.8. The molecule has 0 spiro atoms. The van der Waals surface area contributed by atoms with Gasteiger partial charge in [0.25, 0.3) is 0 Å². The maximum atomic E-state index is 9.68. The number of benzene rings is 1. The molecule has 0 amide bonds. The van der Waals surface area contributed by atoms with E-state index in [1.54, 1.807) is 19.2 Å². The van der Waals surface area contributed by atoms with Crippen LogP contribution in [0.4, 0.5) is 0 Å². The van der Waals surface area contributed by atoms with Crippen molar-refractivity contribution in [1.29, 1.82) is 0 Å². The standard InChI is InChI=1S/C15H21NO2/c1-18-15-8-7-13(9-14(15)17)11-16-10-12-5-3-2-4-6-12/h2-3,7-9,12,16-17H,4-6,10-11H2,1H3. The van der Waals surface area contributed by atoms with Crippen LogP contribution < -0.4 is 10.1 Å². The largest absolute Gasteiger partial charge is 0.504 e. The molecule has 0 aliphatic heterocycles. The molecule has 0 radical (unpaired) electrons. The molecule has 1 aromatic carbocycles. The van der Waals surface area contributed by atoms with E-state index in [0.717, 1.165) is 24.6 Å². The highest BCUT2D eigenvalue weighted by molar-refractivity contribution is 5.41. The summed E-state index contributed by atoms with van der Waals surface area (Å²) in [5.41, 5.74) is 1.08. The average Bonchev–Trinajstić information content (AvgIpc) is 2.40. The Morgan fingerprint density at radius 3 is 2.94 bits per heavy atom. The second-order valence-corrected chi connectivity index (χ2v) is 4.79. The van der Waals surface area contributed by atoms with E-state index in [9.17, 15) is 5.11 Å². The number of phenols is 1. The molecule has 2 N–H and O–H groups in total. The number of ether oxygens (including phenoxy) is 1. The van der Waals surface area contributed by atoms with Crippen LogP contribution >= 0.6 is 0 Å². The lowest BCUT2D eigenvalue weighted by Gasteiger charge is -2.18. The fourth-order valence-corrected chi connectivity index (χ4v) is 2.31. The van der Waals surface area contributed by atoms with Gasteiger partial charge in [0, 0.05) is 6.54 Å². The molecule has 0 heterocycles. The number of phenolic OH excluding ortho intramolecular Hbond substituents is 1. The second-order valence-electron chi connectivity index (χ2n) is 4.79. The van der Waals surface area contributed by atoms with Crippen LogP contribution in [-0.4, -0.2) is 18.8 Å². The van der Waals surface area contributed by atoms with Crippen LogP contribution in [0.3, 0.4) is 0 Å². The number of methoxy groups -OCH3 is 1. The summed E-state index contributed by atoms with van der Waals surface area (Å²) >= 11 is 0. The van der Waals surface area contributed by atoms with Gasteiger partial charge in [-0.2, -0.15) is 0 Å². The molecule has 2 rings (SSSR count). The van der Waals surface area contributed by atoms with E-state index < -0.39 is 0 Å². The third-order valence-corrected chi connectivity index (χ3v) is 3.38. The summed E-state index contributed by atoms with van der Waals surface area (Å²) in [6, 6.07) is 5.54. The molecule has 0 fully saturated rings. The van der Waals surface area contributed by atoms with Gasteiger partial charge in [-0.3, -0.25) is 0 Å². The highest BCUT2D eigenvalue weighted by Gasteiger charge is 2.09. The van der Waals surface area contributed by atoms with Crippen molar-refractivity contribution in [2.45, 2.75) is 25.8 Å². The van der Waals surface area contributed by atoms with Crippen LogP contribution in [-0.2, 0) is 6.54 Å². The monoisotopic (exact) mass is 247 g/mol. The Bertz CT molecular complexity index is 415. The molecular formula is C15H21NO2. The molecule has 0 bridgehead atoms. The molecule has 0 saturated carbocycles. The first-order chi connectivity index (χ1) is 8.79. The maximum Gasteiger partial charge on any atom is 0.160 e. The molecular weight excluding hydrogens is 226 g/mol. The topological polar surface area (TPSA) is 41.5 Å². The fourth-order valence-electron chi connectivity index (χ4n) is 2.31. The molecule has 1 atom stereocenters. The first kappa shape index (κ1) is 13.0. The van der Waals surface area contributed by atoms with Gasteiger partial charge < -0.3 is 15.2 Å². The molecule has 3 nitrogen and oxygen atoms in total. The maximum absolute atomic E-state index is 9.68. The summed E-state index contributed by atoms with van der Waals surface area (Å²) < 4.78 is 5.02. The van der Waals surface area contributed by atoms with Crippen molar-refractivity contribution >= 4 is 0 Å². The van der Waals surface area contributed by atoms with Crippen molar-refractivity contribution in [1.82, 2.24) is 5.32 Å². The van der Waals surface area contributed by atoms with Gasteiger partial charge in [-0.1, -0.05) is 18.2 Å². The normalized spacial score (nSPS) is 18.8. The Kier molecular flexibility index (Phi) is 4.65. The molecule has 0 saturated heterocycles. The van der Waals surface area contributed by atoms with Gasteiger partial charge in [-0.05, 0) is 49.4 Å². The summed E-state index contributed by atoms with van der Waals surface area (Å²) in [5, 5.41) is 13.1. The van der Waals surface area contributed by atoms with Gasteiger partial charge in [-0.25, -0.2) is 0 Å². The number of aromatic hydroxyl groups is 1. The van der Waals surface area contributed by atoms with E-state index in [1.807, 2.05) is 6.07 Å². The van der Waals surface area contributed by atoms with E-state index in [4.69, 9.17) is 4.74 Å². The van der Waals surface area contributed by atoms with Crippen LogP contribution in [0.5, 0.6) is 11.5 Å². The summed E-state index contributed by atoms with van der Waals surface area (Å²) in [6.45, 7) is 1.83. The van der Waals surface area contributed by atoms with Crippen molar-refractivity contribution in [2.75, 3.05) is 13.7 Å². The van der Waals surface area contributed by atoms with Gasteiger partial charge in [0.15, 0.2) is 11.5 Å². The van der Waals surface area contributed by atoms with Crippen molar-refractivity contribution in [2.24, 2.45) is 5.92 Å². The Hall–Kier alpha value is -1.48. The zero-order valence-corrected chi connectivity index (χ0v) is 10.9. The zero-order valence-electron chi connectivity index (χ0n) is 10.9. The summed E-state index contributed by atoms with van der Waals surface area (Å²) in [4.78, 5) is 0. The van der Waals surface area contributed by atoms with Crippen LogP contribution in [0.2, 0.25) is 0 Å². The first-order valence-electron chi connectivity index (χ1n) is 6.51. The molecule has 1 aromatic rings. The molecule has 1 unspecified atom stereocenters. The Balaban J connectivity index is 1.79. The lowest BCUT2D eigenvalue weighted by molar-refractivity contribution is 0.372. The molecule has 0 aromatic heterocycles. The predicted octanol–water partition coefficient (Wildman–Crippen LogP) is 2.85. The molecule has 3 heteroatoms. The number of nitrogens with one attached hydrogen (secondary N) is 1. The predicted molar refractivity (Wildman–Crippen MR) is 72.8 cm³/mol. The highest BCUT2D eigenvalue weighted by Crippen LogP contribution is 2.26. The molecule has 1 aliphatic carbocycles. The van der Waals surface area contributed by atoms with Gasteiger partial charge in [0.1, 0.15) is 0 Å². The number of hydrogen-bond donors (Lipinski definition) is 2. The Morgan fingerprint density at radius 1 is 1.39 bits per heavy atom. The Labute approximate surface area is 108 Å². The first-order valence-corrected chi connectivity index (χ1v) is 6.51. The van der Waals surface area contributed by atoms with E-state index in [0.29, 0.717) is 5.75 Å². The third-order valence-electron chi connectivity index (χ3n) is 3.38. The van der Waals surface area contributed by atoms with Crippen molar-refractivity contribution in [3.05, 3.63) is 35.9 Å². The van der Waals surface area contributed by atoms with E-state index >= 15 is 0 Å². The summed E-state index contributed by atoms with van der Waals surface area (Å²) in [6.07, 6.45) is 8.20. The van der Waals surface area contributed by atoms with Crippen molar-refractivity contribution in [3.8, 4) is 11.5 Å². The van der Waals surface area contributed by atoms with Gasteiger partial charge >= 0.3 is 0 Å². The van der Waals surface area contributed by atoms with E-state index in [-0.39, 0.29) is 5.75 Å². The minimum Gasteiger partial charge on any atom is -0.504 e. The van der Waals surface area contributed by atoms with Crippen molar-refractivity contribution < 1.29 is 9.84 Å². The van der Waals surface area contributed by atoms with Crippen LogP contribution in [0.1, 0.15) is 24.8 Å². The van der Waals surface area contributed by atoms with E-state index in [2.05, 4.69) is 17.5 Å². The lowest BCUT2D eigenvalue weighted by Crippen LogP contribution is -2.23. The minimum atomic E-state index is 0.206. The average molecular weight is 247 g/mol. The quantitative estimate of drug-likeness (QED) is 0.786. The molecule has 1 aliphatic rings. The second kappa shape index (κ2) is 6.45. The Morgan fingerprint density at radius 2 is 2.28 bits per heavy atom. The number of allylic oxidation sites excluding steroid dienone is 2. The number of rotatable bonds is 5. The molecule has 18 heavy (non-hydrogen) atoms. The smallest absolute Gasteiger partial charge is 0.160 e. The van der Waals surface area contributed by atoms with Gasteiger partial charge in [0.05, 0.1) is 7.11 Å².